The van der Waals surface area contributed by atoms with Gasteiger partial charge in [-0.2, -0.15) is 5.53 Å². The van der Waals surface area contributed by atoms with Crippen LogP contribution >= 0.6 is 0 Å². The third-order valence-corrected chi connectivity index (χ3v) is 3.46. The monoisotopic (exact) mass is 340 g/mol. The van der Waals surface area contributed by atoms with Gasteiger partial charge in [-0.05, 0) is 6.07 Å². The third-order valence-electron chi connectivity index (χ3n) is 3.46. The van der Waals surface area contributed by atoms with Crippen LogP contribution in [0.3, 0.4) is 0 Å². The van der Waals surface area contributed by atoms with E-state index in [1.807, 2.05) is 0 Å². The van der Waals surface area contributed by atoms with Crippen molar-refractivity contribution in [3.05, 3.63) is 35.4 Å². The minimum absolute atomic E-state index is 0.101. The van der Waals surface area contributed by atoms with E-state index < -0.39 is 23.3 Å². The van der Waals surface area contributed by atoms with Crippen LogP contribution in [0.25, 0.3) is 0 Å². The van der Waals surface area contributed by atoms with E-state index in [2.05, 4.69) is 20.9 Å². The molecule has 24 heavy (non-hydrogen) atoms. The molecule has 1 aromatic rings. The van der Waals surface area contributed by atoms with Gasteiger partial charge in [0.25, 0.3) is 0 Å². The normalized spacial score (nSPS) is 21.5. The van der Waals surface area contributed by atoms with Crippen molar-refractivity contribution in [2.45, 2.75) is 11.6 Å². The summed E-state index contributed by atoms with van der Waals surface area (Å²) < 4.78 is 27.3. The Labute approximate surface area is 137 Å². The van der Waals surface area contributed by atoms with Gasteiger partial charge in [-0.15, -0.1) is 0 Å². The van der Waals surface area contributed by atoms with E-state index in [0.29, 0.717) is 12.4 Å². The second kappa shape index (κ2) is 8.02. The summed E-state index contributed by atoms with van der Waals surface area (Å²) in [6.45, 7) is -0.0767. The van der Waals surface area contributed by atoms with Crippen LogP contribution in [0.4, 0.5) is 8.78 Å². The topological polar surface area (TPSA) is 115 Å². The maximum Gasteiger partial charge on any atom is 0.139 e. The lowest BCUT2D eigenvalue weighted by molar-refractivity contribution is -0.109. The van der Waals surface area contributed by atoms with E-state index in [4.69, 9.17) is 5.73 Å². The molecule has 1 fully saturated rings. The van der Waals surface area contributed by atoms with Crippen LogP contribution in [0.5, 0.6) is 0 Å². The molecule has 0 aromatic heterocycles. The first-order valence-electron chi connectivity index (χ1n) is 7.09. The number of nitrogens with two attached hydrogens (primary N) is 1. The molecule has 1 aliphatic rings. The molecule has 2 atom stereocenters. The summed E-state index contributed by atoms with van der Waals surface area (Å²) in [4.78, 5) is 18.2. The van der Waals surface area contributed by atoms with Crippen LogP contribution in [-0.4, -0.2) is 54.8 Å². The van der Waals surface area contributed by atoms with Crippen LogP contribution in [-0.2, 0) is 10.4 Å². The number of aldehydes is 1. The Hall–Kier alpha value is -2.27. The zero-order chi connectivity index (χ0) is 17.6. The number of aliphatic hydroxyl groups is 1. The van der Waals surface area contributed by atoms with Crippen molar-refractivity contribution in [1.29, 1.82) is 0 Å². The summed E-state index contributed by atoms with van der Waals surface area (Å²) in [5, 5.41) is 12.4. The molecule has 1 heterocycles. The molecular formula is C14H18F2N6O2. The molecule has 1 saturated heterocycles. The van der Waals surface area contributed by atoms with Crippen molar-refractivity contribution in [1.82, 2.24) is 16.0 Å². The molecule has 1 aliphatic heterocycles. The first-order valence-corrected chi connectivity index (χ1v) is 7.09. The Morgan fingerprint density at radius 3 is 2.92 bits per heavy atom. The van der Waals surface area contributed by atoms with Gasteiger partial charge in [0.2, 0.25) is 0 Å². The molecular weight excluding hydrogens is 322 g/mol. The molecule has 0 aliphatic carbocycles. The first kappa shape index (κ1) is 18.1. The number of benzene rings is 1. The van der Waals surface area contributed by atoms with Gasteiger partial charge in [-0.1, -0.05) is 6.07 Å². The minimum Gasteiger partial charge on any atom is -0.390 e. The Morgan fingerprint density at radius 1 is 1.50 bits per heavy atom. The number of carbonyl (C=O) groups is 1. The lowest BCUT2D eigenvalue weighted by Crippen LogP contribution is -2.48. The fourth-order valence-corrected chi connectivity index (χ4v) is 2.36. The van der Waals surface area contributed by atoms with Gasteiger partial charge in [0.05, 0.1) is 18.9 Å². The molecule has 1 aromatic carbocycles. The highest BCUT2D eigenvalue weighted by atomic mass is 19.1. The molecule has 2 rings (SSSR count). The van der Waals surface area contributed by atoms with Gasteiger partial charge >= 0.3 is 0 Å². The molecule has 130 valence electrons. The molecule has 0 spiro atoms. The van der Waals surface area contributed by atoms with E-state index in [0.717, 1.165) is 24.8 Å². The number of aliphatic imine (C=N–C) groups is 2. The van der Waals surface area contributed by atoms with Crippen molar-refractivity contribution in [2.24, 2.45) is 15.7 Å². The quantitative estimate of drug-likeness (QED) is 0.289. The standard InChI is InChI=1S/C14H18F2N6O2/c15-10-1-2-12(13(16)3-10)14(24,6-18-9-19-8-17)7-22-4-11(5-23)20-21-22/h1-3,5,8-9,11,20-21,24H,4,6-7H2,(H2,17,18,19). The SMILES string of the molecule is NC=NC=NCC(O)(CN1CC(C=O)NN1)c1ccc(F)cc1F. The zero-order valence-corrected chi connectivity index (χ0v) is 12.7. The number of carbonyl (C=O) groups excluding carboxylic acids is 1. The maximum atomic E-state index is 14.1. The highest BCUT2D eigenvalue weighted by Gasteiger charge is 2.36. The van der Waals surface area contributed by atoms with E-state index in [1.54, 1.807) is 0 Å². The van der Waals surface area contributed by atoms with Crippen LogP contribution in [0, 0.1) is 11.6 Å². The van der Waals surface area contributed by atoms with Crippen LogP contribution in [0.15, 0.2) is 28.2 Å². The highest BCUT2D eigenvalue weighted by molar-refractivity contribution is 5.69. The summed E-state index contributed by atoms with van der Waals surface area (Å²) in [7, 11) is 0. The zero-order valence-electron chi connectivity index (χ0n) is 12.7. The number of β-amino-alcohol motifs (C(OH)–C–C–N with tert-alkyl or cyclic N) is 1. The van der Waals surface area contributed by atoms with Crippen LogP contribution < -0.4 is 16.7 Å². The second-order valence-corrected chi connectivity index (χ2v) is 5.29. The number of nitrogens with one attached hydrogen (secondary N) is 2. The van der Waals surface area contributed by atoms with E-state index in [1.165, 1.54) is 5.01 Å². The molecule has 0 saturated carbocycles. The van der Waals surface area contributed by atoms with E-state index in [-0.39, 0.29) is 25.2 Å². The summed E-state index contributed by atoms with van der Waals surface area (Å²) in [5.74, 6) is -1.65. The van der Waals surface area contributed by atoms with Crippen LogP contribution in [0.1, 0.15) is 5.56 Å². The minimum atomic E-state index is -1.77. The number of nitrogens with zero attached hydrogens (tertiary/aromatic N) is 3. The van der Waals surface area contributed by atoms with Crippen molar-refractivity contribution in [3.8, 4) is 0 Å². The average Bonchev–Trinajstić information content (AvgIpc) is 2.99. The number of hydrogen-bond acceptors (Lipinski definition) is 6. The second-order valence-electron chi connectivity index (χ2n) is 5.29. The van der Waals surface area contributed by atoms with Gasteiger partial charge in [0.15, 0.2) is 0 Å². The fourth-order valence-electron chi connectivity index (χ4n) is 2.36. The summed E-state index contributed by atoms with van der Waals surface area (Å²) in [6, 6.07) is 2.44. The predicted octanol–water partition coefficient (Wildman–Crippen LogP) is -0.940. The summed E-state index contributed by atoms with van der Waals surface area (Å²) in [6.07, 6.45) is 2.84. The largest absolute Gasteiger partial charge is 0.390 e. The molecule has 0 bridgehead atoms. The van der Waals surface area contributed by atoms with Gasteiger partial charge in [-0.3, -0.25) is 4.99 Å². The van der Waals surface area contributed by atoms with Gasteiger partial charge in [0, 0.05) is 24.7 Å². The van der Waals surface area contributed by atoms with Crippen molar-refractivity contribution >= 4 is 19.0 Å². The fraction of sp³-hybridized carbons (Fsp3) is 0.357. The number of hydrogen-bond donors (Lipinski definition) is 4. The van der Waals surface area contributed by atoms with E-state index >= 15 is 0 Å². The third kappa shape index (κ3) is 4.38. The van der Waals surface area contributed by atoms with Gasteiger partial charge in [-0.25, -0.2) is 24.2 Å². The smallest absolute Gasteiger partial charge is 0.139 e. The molecule has 10 heteroatoms. The Bertz CT molecular complexity index is 642. The number of halogens is 2. The maximum absolute atomic E-state index is 14.1. The van der Waals surface area contributed by atoms with E-state index in [9.17, 15) is 18.7 Å². The molecule has 0 radical (unpaired) electrons. The lowest BCUT2D eigenvalue weighted by Gasteiger charge is -2.31. The molecule has 5 N–H and O–H groups in total. The van der Waals surface area contributed by atoms with Crippen LogP contribution in [0.2, 0.25) is 0 Å². The average molecular weight is 340 g/mol. The first-order chi connectivity index (χ1) is 11.5. The number of hydrazine groups is 2. The number of rotatable bonds is 7. The van der Waals surface area contributed by atoms with Crippen molar-refractivity contribution in [3.63, 3.8) is 0 Å². The lowest BCUT2D eigenvalue weighted by atomic mass is 9.92. The van der Waals surface area contributed by atoms with Crippen molar-refractivity contribution in [2.75, 3.05) is 19.6 Å². The van der Waals surface area contributed by atoms with Gasteiger partial charge in [0.1, 0.15) is 29.9 Å². The van der Waals surface area contributed by atoms with Gasteiger partial charge < -0.3 is 15.6 Å². The predicted molar refractivity (Wildman–Crippen MR) is 84.0 cm³/mol. The molecule has 2 unspecified atom stereocenters. The Balaban J connectivity index is 2.24. The Kier molecular flexibility index (Phi) is 6.04. The summed E-state index contributed by atoms with van der Waals surface area (Å²) >= 11 is 0. The highest BCUT2D eigenvalue weighted by Crippen LogP contribution is 2.26. The molecule has 8 nitrogen and oxygen atoms in total. The Morgan fingerprint density at radius 2 is 2.29 bits per heavy atom. The van der Waals surface area contributed by atoms with Crippen molar-refractivity contribution < 1.29 is 18.7 Å². The summed E-state index contributed by atoms with van der Waals surface area (Å²) in [5.41, 5.74) is 8.60. The molecule has 0 amide bonds.